The standard InChI is InChI=1S/C26H25ClN2O2/c1-5-16(3)18-8-11-24-23(13-18)29-26(31-24)19-7-10-21(27)22(14-19)28-25(30)20-9-6-15(2)12-17(20)4/h6-14,16H,5H2,1-4H3,(H,28,30). The maximum absolute atomic E-state index is 12.8. The first-order chi connectivity index (χ1) is 14.9. The number of nitrogens with one attached hydrogen (secondary N) is 1. The van der Waals surface area contributed by atoms with E-state index in [-0.39, 0.29) is 5.91 Å². The molecule has 0 bridgehead atoms. The molecule has 4 nitrogen and oxygen atoms in total. The Hall–Kier alpha value is -3.11. The van der Waals surface area contributed by atoms with Gasteiger partial charge in [0, 0.05) is 11.1 Å². The second kappa shape index (κ2) is 8.56. The van der Waals surface area contributed by atoms with Crippen molar-refractivity contribution in [2.75, 3.05) is 5.32 Å². The summed E-state index contributed by atoms with van der Waals surface area (Å²) in [6.45, 7) is 8.30. The molecule has 0 spiro atoms. The Labute approximate surface area is 187 Å². The van der Waals surface area contributed by atoms with Crippen molar-refractivity contribution in [3.8, 4) is 11.5 Å². The first kappa shape index (κ1) is 21.1. The summed E-state index contributed by atoms with van der Waals surface area (Å²) in [5.74, 6) is 0.759. The smallest absolute Gasteiger partial charge is 0.255 e. The third-order valence-corrected chi connectivity index (χ3v) is 6.01. The number of anilines is 1. The summed E-state index contributed by atoms with van der Waals surface area (Å²) in [6.07, 6.45) is 1.07. The molecule has 1 N–H and O–H groups in total. The van der Waals surface area contributed by atoms with Crippen LogP contribution in [0.2, 0.25) is 5.02 Å². The van der Waals surface area contributed by atoms with Crippen molar-refractivity contribution in [3.63, 3.8) is 0 Å². The number of carbonyl (C=O) groups excluding carboxylic acids is 1. The fourth-order valence-electron chi connectivity index (χ4n) is 3.62. The van der Waals surface area contributed by atoms with Gasteiger partial charge in [0.05, 0.1) is 10.7 Å². The minimum Gasteiger partial charge on any atom is -0.436 e. The summed E-state index contributed by atoms with van der Waals surface area (Å²) < 4.78 is 5.97. The lowest BCUT2D eigenvalue weighted by Crippen LogP contribution is -2.13. The molecule has 4 aromatic rings. The molecule has 1 amide bonds. The minimum absolute atomic E-state index is 0.202. The van der Waals surface area contributed by atoms with Crippen LogP contribution >= 0.6 is 11.6 Å². The van der Waals surface area contributed by atoms with Crippen molar-refractivity contribution >= 4 is 34.3 Å². The summed E-state index contributed by atoms with van der Waals surface area (Å²) in [5.41, 5.74) is 6.72. The van der Waals surface area contributed by atoms with Crippen LogP contribution in [0, 0.1) is 13.8 Å². The molecule has 4 rings (SSSR count). The van der Waals surface area contributed by atoms with E-state index in [4.69, 9.17) is 16.0 Å². The Morgan fingerprint density at radius 3 is 2.65 bits per heavy atom. The Balaban J connectivity index is 1.65. The molecule has 1 atom stereocenters. The molecule has 158 valence electrons. The maximum Gasteiger partial charge on any atom is 0.255 e. The normalized spacial score (nSPS) is 12.2. The summed E-state index contributed by atoms with van der Waals surface area (Å²) in [4.78, 5) is 17.5. The number of benzene rings is 3. The predicted molar refractivity (Wildman–Crippen MR) is 127 cm³/mol. The first-order valence-corrected chi connectivity index (χ1v) is 10.8. The molecule has 0 saturated heterocycles. The van der Waals surface area contributed by atoms with Crippen LogP contribution in [0.3, 0.4) is 0 Å². The summed E-state index contributed by atoms with van der Waals surface area (Å²) in [7, 11) is 0. The molecule has 1 aromatic heterocycles. The van der Waals surface area contributed by atoms with Gasteiger partial charge >= 0.3 is 0 Å². The van der Waals surface area contributed by atoms with Crippen molar-refractivity contribution in [2.45, 2.75) is 40.0 Å². The highest BCUT2D eigenvalue weighted by molar-refractivity contribution is 6.34. The van der Waals surface area contributed by atoms with Crippen LogP contribution < -0.4 is 5.32 Å². The highest BCUT2D eigenvalue weighted by Crippen LogP contribution is 2.32. The molecular weight excluding hydrogens is 408 g/mol. The topological polar surface area (TPSA) is 55.1 Å². The third-order valence-electron chi connectivity index (χ3n) is 5.68. The number of hydrogen-bond acceptors (Lipinski definition) is 3. The van der Waals surface area contributed by atoms with E-state index in [1.807, 2.05) is 44.2 Å². The number of aromatic nitrogens is 1. The Kier molecular flexibility index (Phi) is 5.84. The van der Waals surface area contributed by atoms with E-state index in [0.717, 1.165) is 34.2 Å². The van der Waals surface area contributed by atoms with E-state index in [1.165, 1.54) is 5.56 Å². The van der Waals surface area contributed by atoms with Gasteiger partial charge < -0.3 is 9.73 Å². The SMILES string of the molecule is CCC(C)c1ccc2oc(-c3ccc(Cl)c(NC(=O)c4ccc(C)cc4C)c3)nc2c1. The van der Waals surface area contributed by atoms with E-state index < -0.39 is 0 Å². The molecule has 0 aliphatic rings. The molecule has 1 unspecified atom stereocenters. The van der Waals surface area contributed by atoms with E-state index in [2.05, 4.69) is 36.3 Å². The summed E-state index contributed by atoms with van der Waals surface area (Å²) in [5, 5.41) is 3.38. The van der Waals surface area contributed by atoms with Gasteiger partial charge in [0.1, 0.15) is 5.52 Å². The second-order valence-electron chi connectivity index (χ2n) is 8.02. The molecule has 31 heavy (non-hydrogen) atoms. The minimum atomic E-state index is -0.202. The lowest BCUT2D eigenvalue weighted by molar-refractivity contribution is 0.102. The predicted octanol–water partition coefficient (Wildman–Crippen LogP) is 7.53. The zero-order valence-electron chi connectivity index (χ0n) is 18.1. The van der Waals surface area contributed by atoms with Gasteiger partial charge in [-0.1, -0.05) is 49.2 Å². The lowest BCUT2D eigenvalue weighted by Gasteiger charge is -2.10. The monoisotopic (exact) mass is 432 g/mol. The van der Waals surface area contributed by atoms with Crippen LogP contribution in [-0.4, -0.2) is 10.9 Å². The van der Waals surface area contributed by atoms with Gasteiger partial charge in [-0.25, -0.2) is 4.98 Å². The highest BCUT2D eigenvalue weighted by atomic mass is 35.5. The average Bonchev–Trinajstić information content (AvgIpc) is 3.18. The van der Waals surface area contributed by atoms with Gasteiger partial charge in [-0.05, 0) is 73.7 Å². The Morgan fingerprint density at radius 2 is 1.90 bits per heavy atom. The number of hydrogen-bond donors (Lipinski definition) is 1. The molecular formula is C26H25ClN2O2. The largest absolute Gasteiger partial charge is 0.436 e. The van der Waals surface area contributed by atoms with Crippen LogP contribution in [-0.2, 0) is 0 Å². The fraction of sp³-hybridized carbons (Fsp3) is 0.231. The first-order valence-electron chi connectivity index (χ1n) is 10.4. The van der Waals surface area contributed by atoms with E-state index >= 15 is 0 Å². The molecule has 0 radical (unpaired) electrons. The van der Waals surface area contributed by atoms with Gasteiger partial charge in [-0.3, -0.25) is 4.79 Å². The van der Waals surface area contributed by atoms with E-state index in [0.29, 0.717) is 28.1 Å². The molecule has 3 aromatic carbocycles. The lowest BCUT2D eigenvalue weighted by atomic mass is 9.98. The van der Waals surface area contributed by atoms with E-state index in [9.17, 15) is 4.79 Å². The number of oxazole rings is 1. The fourth-order valence-corrected chi connectivity index (χ4v) is 3.79. The van der Waals surface area contributed by atoms with Crippen molar-refractivity contribution in [3.05, 3.63) is 81.9 Å². The van der Waals surface area contributed by atoms with Gasteiger partial charge in [-0.2, -0.15) is 0 Å². The zero-order chi connectivity index (χ0) is 22.1. The van der Waals surface area contributed by atoms with Crippen molar-refractivity contribution < 1.29 is 9.21 Å². The van der Waals surface area contributed by atoms with Gasteiger partial charge in [-0.15, -0.1) is 0 Å². The molecule has 0 aliphatic carbocycles. The Bertz CT molecular complexity index is 1280. The highest BCUT2D eigenvalue weighted by Gasteiger charge is 2.15. The van der Waals surface area contributed by atoms with Crippen LogP contribution in [0.1, 0.15) is 53.2 Å². The number of nitrogens with zero attached hydrogens (tertiary/aromatic N) is 1. The number of rotatable bonds is 5. The average molecular weight is 433 g/mol. The third kappa shape index (κ3) is 4.35. The molecule has 0 fully saturated rings. The summed E-state index contributed by atoms with van der Waals surface area (Å²) >= 11 is 6.36. The van der Waals surface area contributed by atoms with Crippen molar-refractivity contribution in [1.29, 1.82) is 0 Å². The number of amides is 1. The van der Waals surface area contributed by atoms with E-state index in [1.54, 1.807) is 12.1 Å². The van der Waals surface area contributed by atoms with Gasteiger partial charge in [0.25, 0.3) is 5.91 Å². The van der Waals surface area contributed by atoms with Crippen LogP contribution in [0.4, 0.5) is 5.69 Å². The number of carbonyl (C=O) groups is 1. The quantitative estimate of drug-likeness (QED) is 0.354. The summed E-state index contributed by atoms with van der Waals surface area (Å²) in [6, 6.07) is 17.2. The number of halogens is 1. The number of fused-ring (bicyclic) bond motifs is 1. The zero-order valence-corrected chi connectivity index (χ0v) is 18.9. The van der Waals surface area contributed by atoms with Gasteiger partial charge in [0.2, 0.25) is 5.89 Å². The van der Waals surface area contributed by atoms with Crippen LogP contribution in [0.25, 0.3) is 22.6 Å². The van der Waals surface area contributed by atoms with Crippen LogP contribution in [0.15, 0.2) is 59.0 Å². The van der Waals surface area contributed by atoms with Crippen molar-refractivity contribution in [1.82, 2.24) is 4.98 Å². The molecule has 1 heterocycles. The molecule has 0 saturated carbocycles. The van der Waals surface area contributed by atoms with Gasteiger partial charge in [0.15, 0.2) is 5.58 Å². The van der Waals surface area contributed by atoms with Crippen LogP contribution in [0.5, 0.6) is 0 Å². The number of aryl methyl sites for hydroxylation is 2. The molecule has 0 aliphatic heterocycles. The second-order valence-corrected chi connectivity index (χ2v) is 8.43. The maximum atomic E-state index is 12.8. The Morgan fingerprint density at radius 1 is 1.10 bits per heavy atom. The van der Waals surface area contributed by atoms with Crippen molar-refractivity contribution in [2.24, 2.45) is 0 Å². The molecule has 5 heteroatoms.